The van der Waals surface area contributed by atoms with Gasteiger partial charge in [0.2, 0.25) is 21.6 Å². The van der Waals surface area contributed by atoms with E-state index in [-0.39, 0.29) is 38.5 Å². The fraction of sp³-hybridized carbons (Fsp3) is 0.0952. The summed E-state index contributed by atoms with van der Waals surface area (Å²) >= 11 is 18.5. The van der Waals surface area contributed by atoms with Crippen LogP contribution in [0.25, 0.3) is 16.0 Å². The topological polar surface area (TPSA) is 89.7 Å². The van der Waals surface area contributed by atoms with Gasteiger partial charge in [0.1, 0.15) is 5.82 Å². The molecule has 0 bridgehead atoms. The molecule has 0 aliphatic rings. The molecule has 0 aliphatic carbocycles. The molecule has 1 aromatic heterocycles. The molecule has 1 heterocycles. The second-order valence-corrected chi connectivity index (χ2v) is 9.73. The number of benzene rings is 2. The molecular weight excluding hydrogens is 516 g/mol. The minimum absolute atomic E-state index is 0.0155. The van der Waals surface area contributed by atoms with E-state index in [4.69, 9.17) is 46.1 Å². The third-order valence-electron chi connectivity index (χ3n) is 4.33. The van der Waals surface area contributed by atoms with E-state index in [9.17, 15) is 17.6 Å². The Morgan fingerprint density at radius 1 is 1.15 bits per heavy atom. The Bertz CT molecular complexity index is 1440. The van der Waals surface area contributed by atoms with Crippen molar-refractivity contribution in [2.75, 3.05) is 6.26 Å². The molecule has 0 fully saturated rings. The van der Waals surface area contributed by atoms with Crippen molar-refractivity contribution in [3.63, 3.8) is 0 Å². The van der Waals surface area contributed by atoms with Crippen LogP contribution in [0.4, 0.5) is 10.1 Å². The van der Waals surface area contributed by atoms with Crippen LogP contribution in [0, 0.1) is 19.3 Å². The Morgan fingerprint density at radius 2 is 1.82 bits per heavy atom. The van der Waals surface area contributed by atoms with Crippen LogP contribution >= 0.6 is 34.8 Å². The first kappa shape index (κ1) is 24.7. The maximum atomic E-state index is 14.6. The predicted octanol–water partition coefficient (Wildman–Crippen LogP) is 6.19. The van der Waals surface area contributed by atoms with Crippen LogP contribution in [0.1, 0.15) is 15.9 Å². The minimum atomic E-state index is -3.90. The number of ether oxygens (including phenoxy) is 1. The summed E-state index contributed by atoms with van der Waals surface area (Å²) in [7, 11) is -3.90. The molecule has 0 aliphatic heterocycles. The average Bonchev–Trinajstić information content (AvgIpc) is 2.74. The number of nitrogens with one attached hydrogen (secondary N) is 1. The number of pyridine rings is 1. The largest absolute Gasteiger partial charge is 0.447 e. The van der Waals surface area contributed by atoms with Gasteiger partial charge in [-0.25, -0.2) is 27.4 Å². The molecule has 33 heavy (non-hydrogen) atoms. The van der Waals surface area contributed by atoms with Gasteiger partial charge in [-0.2, -0.15) is 0 Å². The Balaban J connectivity index is 2.01. The van der Waals surface area contributed by atoms with Gasteiger partial charge < -0.3 is 4.74 Å². The lowest BCUT2D eigenvalue weighted by molar-refractivity contribution is 0.0978. The second kappa shape index (κ2) is 9.53. The fourth-order valence-electron chi connectivity index (χ4n) is 2.77. The number of halogens is 4. The number of hydrogen-bond donors (Lipinski definition) is 1. The molecule has 3 rings (SSSR count). The zero-order chi connectivity index (χ0) is 24.5. The fourth-order valence-corrected chi connectivity index (χ4v) is 3.88. The van der Waals surface area contributed by atoms with Crippen molar-refractivity contribution >= 4 is 56.4 Å². The number of carbonyl (C=O) groups is 1. The molecule has 0 saturated heterocycles. The van der Waals surface area contributed by atoms with Gasteiger partial charge in [0.25, 0.3) is 5.91 Å². The molecule has 0 saturated carbocycles. The van der Waals surface area contributed by atoms with Gasteiger partial charge in [-0.05, 0) is 42.8 Å². The van der Waals surface area contributed by atoms with Gasteiger partial charge in [-0.3, -0.25) is 4.79 Å². The van der Waals surface area contributed by atoms with E-state index in [1.165, 1.54) is 12.3 Å². The second-order valence-electron chi connectivity index (χ2n) is 6.76. The lowest BCUT2D eigenvalue weighted by Gasteiger charge is -2.13. The van der Waals surface area contributed by atoms with Crippen molar-refractivity contribution in [3.05, 3.63) is 80.0 Å². The first-order chi connectivity index (χ1) is 15.4. The van der Waals surface area contributed by atoms with Crippen LogP contribution in [-0.2, 0) is 10.0 Å². The zero-order valence-electron chi connectivity index (χ0n) is 16.9. The van der Waals surface area contributed by atoms with Crippen molar-refractivity contribution in [1.29, 1.82) is 0 Å². The van der Waals surface area contributed by atoms with Gasteiger partial charge in [-0.15, -0.1) is 0 Å². The van der Waals surface area contributed by atoms with Gasteiger partial charge >= 0.3 is 0 Å². The van der Waals surface area contributed by atoms with Crippen LogP contribution in [0.5, 0.6) is 11.6 Å². The van der Waals surface area contributed by atoms with Gasteiger partial charge in [0.05, 0.1) is 23.4 Å². The van der Waals surface area contributed by atoms with Crippen molar-refractivity contribution in [1.82, 2.24) is 9.71 Å². The normalized spacial score (nSPS) is 11.1. The van der Waals surface area contributed by atoms with Crippen molar-refractivity contribution in [2.24, 2.45) is 0 Å². The van der Waals surface area contributed by atoms with Crippen molar-refractivity contribution in [3.8, 4) is 22.8 Å². The molecule has 12 heteroatoms. The van der Waals surface area contributed by atoms with Gasteiger partial charge in [0.15, 0.2) is 5.75 Å². The van der Waals surface area contributed by atoms with Crippen LogP contribution in [0.2, 0.25) is 15.1 Å². The molecule has 0 atom stereocenters. The number of carbonyl (C=O) groups excluding carboxylic acids is 1. The van der Waals surface area contributed by atoms with Crippen LogP contribution in [0.15, 0.2) is 36.5 Å². The highest BCUT2D eigenvalue weighted by Crippen LogP contribution is 2.40. The minimum Gasteiger partial charge on any atom is -0.447 e. The van der Waals surface area contributed by atoms with E-state index < -0.39 is 27.3 Å². The number of nitrogens with zero attached hydrogens (tertiary/aromatic N) is 2. The van der Waals surface area contributed by atoms with Crippen LogP contribution in [-0.4, -0.2) is 25.6 Å². The van der Waals surface area contributed by atoms with Gasteiger partial charge in [0, 0.05) is 27.4 Å². The van der Waals surface area contributed by atoms with Crippen LogP contribution in [0.3, 0.4) is 0 Å². The summed E-state index contributed by atoms with van der Waals surface area (Å²) in [4.78, 5) is 19.5. The van der Waals surface area contributed by atoms with Crippen molar-refractivity contribution in [2.45, 2.75) is 6.92 Å². The Hall–Kier alpha value is -2.90. The Kier molecular flexibility index (Phi) is 7.14. The Morgan fingerprint density at radius 3 is 2.45 bits per heavy atom. The quantitative estimate of drug-likeness (QED) is 0.399. The maximum Gasteiger partial charge on any atom is 0.267 e. The predicted molar refractivity (Wildman–Crippen MR) is 124 cm³/mol. The molecule has 0 radical (unpaired) electrons. The average molecular weight is 529 g/mol. The summed E-state index contributed by atoms with van der Waals surface area (Å²) in [5.74, 6) is -2.00. The number of rotatable bonds is 5. The monoisotopic (exact) mass is 527 g/mol. The lowest BCUT2D eigenvalue weighted by Crippen LogP contribution is -2.30. The molecule has 1 N–H and O–H groups in total. The number of hydrogen-bond acceptors (Lipinski definition) is 5. The summed E-state index contributed by atoms with van der Waals surface area (Å²) in [6.45, 7) is 9.15. The highest BCUT2D eigenvalue weighted by Gasteiger charge is 2.20. The number of sulfonamides is 1. The third-order valence-corrected chi connectivity index (χ3v) is 5.91. The molecule has 2 aromatic carbocycles. The molecule has 170 valence electrons. The molecule has 0 spiro atoms. The molecule has 3 aromatic rings. The third kappa shape index (κ3) is 5.54. The number of amides is 1. The van der Waals surface area contributed by atoms with Crippen molar-refractivity contribution < 1.29 is 22.3 Å². The van der Waals surface area contributed by atoms with Crippen LogP contribution < -0.4 is 9.46 Å². The summed E-state index contributed by atoms with van der Waals surface area (Å²) in [6, 6.07) is 6.46. The van der Waals surface area contributed by atoms with E-state index in [0.717, 1.165) is 18.4 Å². The summed E-state index contributed by atoms with van der Waals surface area (Å²) in [5, 5.41) is 0.625. The zero-order valence-corrected chi connectivity index (χ0v) is 20.0. The smallest absolute Gasteiger partial charge is 0.267 e. The molecule has 7 nitrogen and oxygen atoms in total. The first-order valence-corrected chi connectivity index (χ1v) is 11.9. The molecule has 0 unspecified atom stereocenters. The summed E-state index contributed by atoms with van der Waals surface area (Å²) in [5.41, 5.74) is 0.378. The maximum absolute atomic E-state index is 14.6. The Labute approximate surface area is 203 Å². The van der Waals surface area contributed by atoms with E-state index in [1.54, 1.807) is 23.8 Å². The summed E-state index contributed by atoms with van der Waals surface area (Å²) in [6.07, 6.45) is 2.06. The lowest BCUT2D eigenvalue weighted by atomic mass is 10.0. The molecular formula is C21H13Cl3FN3O4S. The van der Waals surface area contributed by atoms with E-state index in [1.807, 2.05) is 0 Å². The van der Waals surface area contributed by atoms with E-state index in [0.29, 0.717) is 10.6 Å². The summed E-state index contributed by atoms with van der Waals surface area (Å²) < 4.78 is 44.5. The highest BCUT2D eigenvalue weighted by molar-refractivity contribution is 7.89. The standard InChI is InChI=1S/C21H13Cl3FN3O4S/c1-10-14(22)4-5-15(23)19(10)32-21-18(26-2)6-11(9-27-21)12-8-17(25)13(7-16(12)24)20(29)28-33(3,30)31/h4-9H,1,3H3,(H,28,29). The molecule has 1 amide bonds. The van der Waals surface area contributed by atoms with E-state index in [2.05, 4.69) is 9.83 Å². The number of aromatic nitrogens is 1. The van der Waals surface area contributed by atoms with Gasteiger partial charge in [-0.1, -0.05) is 34.8 Å². The first-order valence-electron chi connectivity index (χ1n) is 8.92. The SMILES string of the molecule is [C-]#[N+]c1cc(-c2cc(F)c(C(=O)NS(C)(=O)=O)cc2Cl)cnc1Oc1c(Cl)ccc(Cl)c1C. The van der Waals surface area contributed by atoms with E-state index >= 15 is 0 Å². The highest BCUT2D eigenvalue weighted by atomic mass is 35.5.